The van der Waals surface area contributed by atoms with Crippen molar-refractivity contribution in [3.05, 3.63) is 34.9 Å². The third kappa shape index (κ3) is 2.01. The van der Waals surface area contributed by atoms with Crippen LogP contribution in [-0.4, -0.2) is 0 Å². The summed E-state index contributed by atoms with van der Waals surface area (Å²) in [6.45, 7) is 0. The minimum Gasteiger partial charge on any atom is -0.399 e. The van der Waals surface area contributed by atoms with Gasteiger partial charge in [-0.3, -0.25) is 0 Å². The Morgan fingerprint density at radius 1 is 1.50 bits per heavy atom. The molecule has 0 fully saturated rings. The Bertz CT molecular complexity index is 350. The highest BCUT2D eigenvalue weighted by molar-refractivity contribution is 6.32. The Morgan fingerprint density at radius 2 is 2.25 bits per heavy atom. The number of anilines is 1. The molecule has 12 heavy (non-hydrogen) atoms. The average molecular weight is 179 g/mol. The largest absolute Gasteiger partial charge is 0.399 e. The molecule has 3 heteroatoms. The van der Waals surface area contributed by atoms with Gasteiger partial charge in [-0.1, -0.05) is 17.7 Å². The molecule has 1 aromatic rings. The van der Waals surface area contributed by atoms with Crippen LogP contribution in [0, 0.1) is 11.3 Å². The number of hydrogen-bond donors (Lipinski definition) is 1. The van der Waals surface area contributed by atoms with Crippen molar-refractivity contribution in [2.45, 2.75) is 0 Å². The van der Waals surface area contributed by atoms with Gasteiger partial charge in [0.2, 0.25) is 0 Å². The van der Waals surface area contributed by atoms with Gasteiger partial charge in [-0.2, -0.15) is 5.26 Å². The van der Waals surface area contributed by atoms with E-state index < -0.39 is 0 Å². The summed E-state index contributed by atoms with van der Waals surface area (Å²) in [6.07, 6.45) is 3.01. The molecule has 0 spiro atoms. The molecule has 0 unspecified atom stereocenters. The van der Waals surface area contributed by atoms with Crippen molar-refractivity contribution < 1.29 is 0 Å². The minimum absolute atomic E-state index is 0.557. The van der Waals surface area contributed by atoms with Crippen LogP contribution in [0.4, 0.5) is 5.69 Å². The summed E-state index contributed by atoms with van der Waals surface area (Å²) in [5.74, 6) is 0. The summed E-state index contributed by atoms with van der Waals surface area (Å²) >= 11 is 5.82. The smallest absolute Gasteiger partial charge is 0.0912 e. The number of hydrogen-bond acceptors (Lipinski definition) is 2. The molecule has 0 aliphatic heterocycles. The Kier molecular flexibility index (Phi) is 2.73. The van der Waals surface area contributed by atoms with Crippen LogP contribution in [0.1, 0.15) is 5.56 Å². The molecule has 1 rings (SSSR count). The van der Waals surface area contributed by atoms with E-state index in [1.165, 1.54) is 6.08 Å². The molecular formula is C9H7ClN2. The van der Waals surface area contributed by atoms with E-state index in [0.29, 0.717) is 10.7 Å². The summed E-state index contributed by atoms with van der Waals surface area (Å²) in [7, 11) is 0. The number of allylic oxidation sites excluding steroid dienone is 1. The molecule has 0 bridgehead atoms. The first-order chi connectivity index (χ1) is 5.74. The number of nitrogens with zero attached hydrogens (tertiary/aromatic N) is 1. The van der Waals surface area contributed by atoms with E-state index in [0.717, 1.165) is 5.56 Å². The molecule has 2 nitrogen and oxygen atoms in total. The first kappa shape index (κ1) is 8.63. The zero-order chi connectivity index (χ0) is 8.97. The number of benzene rings is 1. The predicted octanol–water partition coefficient (Wildman–Crippen LogP) is 2.46. The standard InChI is InChI=1S/C9H7ClN2/c10-9-6-8(12)4-3-7(9)2-1-5-11/h1-4,6H,12H2. The summed E-state index contributed by atoms with van der Waals surface area (Å²) in [6, 6.07) is 7.05. The molecule has 0 amide bonds. The fourth-order valence-electron chi connectivity index (χ4n) is 0.806. The fraction of sp³-hybridized carbons (Fsp3) is 0. The second-order valence-electron chi connectivity index (χ2n) is 2.24. The van der Waals surface area contributed by atoms with Crippen LogP contribution in [0.25, 0.3) is 6.08 Å². The highest BCUT2D eigenvalue weighted by atomic mass is 35.5. The van der Waals surface area contributed by atoms with E-state index in [-0.39, 0.29) is 0 Å². The summed E-state index contributed by atoms with van der Waals surface area (Å²) in [4.78, 5) is 0. The molecule has 60 valence electrons. The van der Waals surface area contributed by atoms with Crippen molar-refractivity contribution in [2.75, 3.05) is 5.73 Å². The molecule has 0 saturated heterocycles. The maximum absolute atomic E-state index is 8.27. The molecule has 0 heterocycles. The van der Waals surface area contributed by atoms with Crippen molar-refractivity contribution >= 4 is 23.4 Å². The van der Waals surface area contributed by atoms with E-state index in [1.54, 1.807) is 24.3 Å². The van der Waals surface area contributed by atoms with Gasteiger partial charge in [-0.15, -0.1) is 0 Å². The van der Waals surface area contributed by atoms with Crippen LogP contribution < -0.4 is 5.73 Å². The third-order valence-electron chi connectivity index (χ3n) is 1.36. The van der Waals surface area contributed by atoms with Crippen LogP contribution >= 0.6 is 11.6 Å². The monoisotopic (exact) mass is 178 g/mol. The van der Waals surface area contributed by atoms with Crippen LogP contribution in [0.15, 0.2) is 24.3 Å². The van der Waals surface area contributed by atoms with Gasteiger partial charge in [0.1, 0.15) is 0 Å². The third-order valence-corrected chi connectivity index (χ3v) is 1.69. The molecule has 2 N–H and O–H groups in total. The molecule has 1 aromatic carbocycles. The lowest BCUT2D eigenvalue weighted by atomic mass is 10.2. The normalized spacial score (nSPS) is 10.0. The number of halogens is 1. The van der Waals surface area contributed by atoms with E-state index in [4.69, 9.17) is 22.6 Å². The van der Waals surface area contributed by atoms with Gasteiger partial charge in [0, 0.05) is 16.8 Å². The molecular weight excluding hydrogens is 172 g/mol. The Labute approximate surface area is 75.9 Å². The zero-order valence-corrected chi connectivity index (χ0v) is 7.05. The lowest BCUT2D eigenvalue weighted by molar-refractivity contribution is 1.54. The average Bonchev–Trinajstić information content (AvgIpc) is 2.03. The second kappa shape index (κ2) is 3.80. The second-order valence-corrected chi connectivity index (χ2v) is 2.65. The molecule has 0 aliphatic carbocycles. The van der Waals surface area contributed by atoms with Crippen molar-refractivity contribution in [1.29, 1.82) is 5.26 Å². The molecule has 0 radical (unpaired) electrons. The highest BCUT2D eigenvalue weighted by Crippen LogP contribution is 2.19. The lowest BCUT2D eigenvalue weighted by Gasteiger charge is -1.97. The Morgan fingerprint density at radius 3 is 2.83 bits per heavy atom. The van der Waals surface area contributed by atoms with Crippen molar-refractivity contribution in [1.82, 2.24) is 0 Å². The number of nitrogen functional groups attached to an aromatic ring is 1. The minimum atomic E-state index is 0.557. The van der Waals surface area contributed by atoms with Gasteiger partial charge in [0.15, 0.2) is 0 Å². The van der Waals surface area contributed by atoms with E-state index in [1.807, 2.05) is 6.07 Å². The van der Waals surface area contributed by atoms with Crippen LogP contribution in [-0.2, 0) is 0 Å². The number of nitrogens with two attached hydrogens (primary N) is 1. The van der Waals surface area contributed by atoms with E-state index >= 15 is 0 Å². The van der Waals surface area contributed by atoms with Gasteiger partial charge in [-0.05, 0) is 23.8 Å². The van der Waals surface area contributed by atoms with Crippen molar-refractivity contribution in [3.8, 4) is 6.07 Å². The first-order valence-electron chi connectivity index (χ1n) is 3.35. The Hall–Kier alpha value is -1.46. The van der Waals surface area contributed by atoms with Crippen molar-refractivity contribution in [2.24, 2.45) is 0 Å². The van der Waals surface area contributed by atoms with Gasteiger partial charge in [0.25, 0.3) is 0 Å². The predicted molar refractivity (Wildman–Crippen MR) is 50.5 cm³/mol. The van der Waals surface area contributed by atoms with E-state index in [9.17, 15) is 0 Å². The number of rotatable bonds is 1. The van der Waals surface area contributed by atoms with Gasteiger partial charge in [-0.25, -0.2) is 0 Å². The molecule has 0 aromatic heterocycles. The molecule has 0 atom stereocenters. The highest BCUT2D eigenvalue weighted by Gasteiger charge is 1.95. The quantitative estimate of drug-likeness (QED) is 0.531. The van der Waals surface area contributed by atoms with E-state index in [2.05, 4.69) is 0 Å². The first-order valence-corrected chi connectivity index (χ1v) is 3.73. The topological polar surface area (TPSA) is 49.8 Å². The number of nitriles is 1. The van der Waals surface area contributed by atoms with Crippen molar-refractivity contribution in [3.63, 3.8) is 0 Å². The van der Waals surface area contributed by atoms with Gasteiger partial charge >= 0.3 is 0 Å². The zero-order valence-electron chi connectivity index (χ0n) is 6.29. The maximum atomic E-state index is 8.27. The fourth-order valence-corrected chi connectivity index (χ4v) is 1.06. The molecule has 0 saturated carbocycles. The SMILES string of the molecule is N#CC=Cc1ccc(N)cc1Cl. The molecule has 0 aliphatic rings. The maximum Gasteiger partial charge on any atom is 0.0912 e. The summed E-state index contributed by atoms with van der Waals surface area (Å²) < 4.78 is 0. The van der Waals surface area contributed by atoms with Crippen LogP contribution in [0.3, 0.4) is 0 Å². The summed E-state index contributed by atoms with van der Waals surface area (Å²) in [5, 5.41) is 8.83. The van der Waals surface area contributed by atoms with Gasteiger partial charge in [0.05, 0.1) is 6.07 Å². The Balaban J connectivity index is 3.03. The van der Waals surface area contributed by atoms with Gasteiger partial charge < -0.3 is 5.73 Å². The van der Waals surface area contributed by atoms with Crippen LogP contribution in [0.2, 0.25) is 5.02 Å². The van der Waals surface area contributed by atoms with Crippen LogP contribution in [0.5, 0.6) is 0 Å². The lowest BCUT2D eigenvalue weighted by Crippen LogP contribution is -1.84. The summed E-state index contributed by atoms with van der Waals surface area (Å²) in [5.41, 5.74) is 6.90.